The molecule has 1 amide bonds. The van der Waals surface area contributed by atoms with Crippen LogP contribution in [0.4, 0.5) is 0 Å². The van der Waals surface area contributed by atoms with Crippen molar-refractivity contribution in [2.75, 3.05) is 7.11 Å². The van der Waals surface area contributed by atoms with E-state index in [0.29, 0.717) is 16.3 Å². The minimum Gasteiger partial charge on any atom is -0.502 e. The smallest absolute Gasteiger partial charge is 0.290 e. The number of aliphatic hydroxyl groups is 1. The molecule has 6 nitrogen and oxygen atoms in total. The van der Waals surface area contributed by atoms with E-state index in [-0.39, 0.29) is 16.3 Å². The zero-order valence-electron chi connectivity index (χ0n) is 18.7. The van der Waals surface area contributed by atoms with E-state index in [1.807, 2.05) is 25.1 Å². The van der Waals surface area contributed by atoms with Gasteiger partial charge in [0.25, 0.3) is 5.91 Å². The van der Waals surface area contributed by atoms with Crippen molar-refractivity contribution in [2.45, 2.75) is 30.8 Å². The van der Waals surface area contributed by atoms with Gasteiger partial charge in [0.1, 0.15) is 10.7 Å². The first-order valence-electron chi connectivity index (χ1n) is 10.7. The molecule has 1 atom stereocenters. The Hall–Kier alpha value is -3.29. The number of nitrogens with zero attached hydrogens (tertiary/aromatic N) is 1. The van der Waals surface area contributed by atoms with Crippen molar-refractivity contribution in [3.05, 3.63) is 105 Å². The number of aryl methyl sites for hydroxylation is 1. The third kappa shape index (κ3) is 4.41. The highest BCUT2D eigenvalue weighted by molar-refractivity contribution is 7.95. The summed E-state index contributed by atoms with van der Waals surface area (Å²) in [6.45, 7) is 2.10. The number of aliphatic hydroxyl groups excluding tert-OH is 1. The summed E-state index contributed by atoms with van der Waals surface area (Å²) >= 11 is 5.94. The van der Waals surface area contributed by atoms with Crippen LogP contribution in [0.25, 0.3) is 0 Å². The molecule has 0 aromatic heterocycles. The molecule has 0 radical (unpaired) electrons. The summed E-state index contributed by atoms with van der Waals surface area (Å²) in [5, 5.41) is 11.2. The van der Waals surface area contributed by atoms with Crippen LogP contribution in [-0.4, -0.2) is 31.4 Å². The van der Waals surface area contributed by atoms with Crippen LogP contribution in [0.3, 0.4) is 0 Å². The first-order chi connectivity index (χ1) is 16.3. The lowest BCUT2D eigenvalue weighted by molar-refractivity contribution is -0.130. The quantitative estimate of drug-likeness (QED) is 0.482. The summed E-state index contributed by atoms with van der Waals surface area (Å²) in [4.78, 5) is 14.2. The Kier molecular flexibility index (Phi) is 6.68. The number of methoxy groups -OCH3 is 1. The Morgan fingerprint density at radius 1 is 1.00 bits per heavy atom. The number of amides is 1. The molecule has 1 aliphatic rings. The zero-order chi connectivity index (χ0) is 24.5. The molecule has 3 aromatic carbocycles. The summed E-state index contributed by atoms with van der Waals surface area (Å²) in [6, 6.07) is 19.2. The molecule has 0 bridgehead atoms. The van der Waals surface area contributed by atoms with Crippen LogP contribution in [0.5, 0.6) is 5.75 Å². The van der Waals surface area contributed by atoms with Crippen LogP contribution in [-0.2, 0) is 27.6 Å². The molecule has 1 N–H and O–H groups in total. The number of ether oxygens (including phenoxy) is 1. The lowest BCUT2D eigenvalue weighted by Gasteiger charge is -2.27. The Balaban J connectivity index is 1.84. The van der Waals surface area contributed by atoms with E-state index < -0.39 is 27.5 Å². The van der Waals surface area contributed by atoms with Gasteiger partial charge in [0.05, 0.1) is 18.0 Å². The van der Waals surface area contributed by atoms with Gasteiger partial charge < -0.3 is 14.7 Å². The monoisotopic (exact) mass is 497 g/mol. The molecule has 0 aliphatic carbocycles. The van der Waals surface area contributed by atoms with Crippen LogP contribution in [0, 0.1) is 0 Å². The number of hydrogen-bond acceptors (Lipinski definition) is 5. The molecular weight excluding hydrogens is 474 g/mol. The molecule has 34 heavy (non-hydrogen) atoms. The Morgan fingerprint density at radius 3 is 2.29 bits per heavy atom. The van der Waals surface area contributed by atoms with Crippen LogP contribution >= 0.6 is 11.6 Å². The predicted molar refractivity (Wildman–Crippen MR) is 130 cm³/mol. The molecule has 8 heteroatoms. The fourth-order valence-corrected chi connectivity index (χ4v) is 5.82. The molecule has 0 fully saturated rings. The first-order valence-corrected chi connectivity index (χ1v) is 12.6. The fraction of sp³-hybridized carbons (Fsp3) is 0.192. The van der Waals surface area contributed by atoms with Crippen LogP contribution < -0.4 is 4.74 Å². The van der Waals surface area contributed by atoms with Gasteiger partial charge >= 0.3 is 0 Å². The van der Waals surface area contributed by atoms with Gasteiger partial charge in [-0.05, 0) is 59.5 Å². The average molecular weight is 498 g/mol. The molecule has 0 saturated carbocycles. The molecule has 3 aromatic rings. The van der Waals surface area contributed by atoms with Crippen molar-refractivity contribution < 1.29 is 23.1 Å². The Morgan fingerprint density at radius 2 is 1.68 bits per heavy atom. The van der Waals surface area contributed by atoms with Gasteiger partial charge in [-0.15, -0.1) is 0 Å². The summed E-state index contributed by atoms with van der Waals surface area (Å²) in [5.41, 5.74) is 2.40. The average Bonchev–Trinajstić information content (AvgIpc) is 3.10. The minimum atomic E-state index is -4.20. The third-order valence-corrected chi connectivity index (χ3v) is 8.00. The number of sulfone groups is 1. The van der Waals surface area contributed by atoms with Crippen molar-refractivity contribution in [3.63, 3.8) is 0 Å². The Labute approximate surface area is 204 Å². The molecule has 1 aliphatic heterocycles. The van der Waals surface area contributed by atoms with E-state index in [2.05, 4.69) is 0 Å². The minimum absolute atomic E-state index is 0.0512. The standard InChI is InChI=1S/C26H24ClNO5S/c1-3-17-7-9-19(10-8-17)23-25(34(31,32)22-13-11-20(27)12-14-22)24(29)26(30)28(23)16-18-5-4-6-21(15-18)33-2/h4-15,23,29H,3,16H2,1-2H3/t23-/m1/s1. The van der Waals surface area contributed by atoms with Crippen LogP contribution in [0.2, 0.25) is 5.02 Å². The van der Waals surface area contributed by atoms with Gasteiger partial charge in [0.15, 0.2) is 5.76 Å². The highest BCUT2D eigenvalue weighted by Crippen LogP contribution is 2.43. The van der Waals surface area contributed by atoms with Crippen LogP contribution in [0.1, 0.15) is 29.7 Å². The number of rotatable bonds is 7. The van der Waals surface area contributed by atoms with Crippen molar-refractivity contribution in [2.24, 2.45) is 0 Å². The fourth-order valence-electron chi connectivity index (χ4n) is 4.04. The van der Waals surface area contributed by atoms with E-state index in [9.17, 15) is 18.3 Å². The molecule has 0 unspecified atom stereocenters. The van der Waals surface area contributed by atoms with E-state index in [4.69, 9.17) is 16.3 Å². The molecular formula is C26H24ClNO5S. The van der Waals surface area contributed by atoms with Gasteiger partial charge in [-0.25, -0.2) is 8.42 Å². The Bertz CT molecular complexity index is 1350. The van der Waals surface area contributed by atoms with Gasteiger partial charge in [-0.1, -0.05) is 54.9 Å². The van der Waals surface area contributed by atoms with Crippen molar-refractivity contribution in [1.29, 1.82) is 0 Å². The van der Waals surface area contributed by atoms with Crippen molar-refractivity contribution in [3.8, 4) is 5.75 Å². The third-order valence-electron chi connectivity index (χ3n) is 5.86. The van der Waals surface area contributed by atoms with Gasteiger partial charge in [-0.2, -0.15) is 0 Å². The highest BCUT2D eigenvalue weighted by atomic mass is 35.5. The molecule has 1 heterocycles. The van der Waals surface area contributed by atoms with E-state index in [1.54, 1.807) is 37.4 Å². The SMILES string of the molecule is CCc1ccc([C@@H]2C(S(=O)(=O)c3ccc(Cl)cc3)=C(O)C(=O)N2Cc2cccc(OC)c2)cc1. The van der Waals surface area contributed by atoms with Gasteiger partial charge in [-0.3, -0.25) is 4.79 Å². The lowest BCUT2D eigenvalue weighted by Crippen LogP contribution is -2.30. The first kappa shape index (κ1) is 23.9. The van der Waals surface area contributed by atoms with E-state index in [0.717, 1.165) is 17.5 Å². The maximum atomic E-state index is 13.6. The maximum absolute atomic E-state index is 13.6. The largest absolute Gasteiger partial charge is 0.502 e. The number of carbonyl (C=O) groups excluding carboxylic acids is 1. The predicted octanol–water partition coefficient (Wildman–Crippen LogP) is 5.24. The van der Waals surface area contributed by atoms with Gasteiger partial charge in [0.2, 0.25) is 9.84 Å². The lowest BCUT2D eigenvalue weighted by atomic mass is 10.0. The second-order valence-corrected chi connectivity index (χ2v) is 10.3. The number of halogens is 1. The second kappa shape index (κ2) is 9.52. The molecule has 4 rings (SSSR count). The second-order valence-electron chi connectivity index (χ2n) is 7.95. The number of hydrogen-bond donors (Lipinski definition) is 1. The molecule has 0 saturated heterocycles. The summed E-state index contributed by atoms with van der Waals surface area (Å²) in [6.07, 6.45) is 0.814. The summed E-state index contributed by atoms with van der Waals surface area (Å²) in [5.74, 6) is -0.915. The molecule has 0 spiro atoms. The van der Waals surface area contributed by atoms with Gasteiger partial charge in [0, 0.05) is 11.6 Å². The molecule has 176 valence electrons. The van der Waals surface area contributed by atoms with Crippen molar-refractivity contribution in [1.82, 2.24) is 4.90 Å². The van der Waals surface area contributed by atoms with Crippen molar-refractivity contribution >= 4 is 27.3 Å². The summed E-state index contributed by atoms with van der Waals surface area (Å²) < 4.78 is 32.6. The van der Waals surface area contributed by atoms with Crippen LogP contribution in [0.15, 0.2) is 88.4 Å². The maximum Gasteiger partial charge on any atom is 0.290 e. The number of carbonyl (C=O) groups is 1. The summed E-state index contributed by atoms with van der Waals surface area (Å²) in [7, 11) is -2.66. The number of benzene rings is 3. The zero-order valence-corrected chi connectivity index (χ0v) is 20.3. The van der Waals surface area contributed by atoms with E-state index in [1.165, 1.54) is 29.2 Å². The highest BCUT2D eigenvalue weighted by Gasteiger charge is 2.46. The van der Waals surface area contributed by atoms with E-state index >= 15 is 0 Å². The normalized spacial score (nSPS) is 16.3. The topological polar surface area (TPSA) is 83.9 Å².